The van der Waals surface area contributed by atoms with Crippen LogP contribution in [0.4, 0.5) is 0 Å². The van der Waals surface area contributed by atoms with Gasteiger partial charge in [0, 0.05) is 19.3 Å². The molecule has 0 amide bonds. The third kappa shape index (κ3) is 4.90. The molecular formula is C9H18N4O4S2. The molecule has 0 saturated carbocycles. The van der Waals surface area contributed by atoms with Crippen LogP contribution in [0.3, 0.4) is 0 Å². The smallest absolute Gasteiger partial charge is 0.259 e. The molecular weight excluding hydrogens is 292 g/mol. The summed E-state index contributed by atoms with van der Waals surface area (Å²) in [5.74, 6) is 0.338. The van der Waals surface area contributed by atoms with Crippen molar-refractivity contribution in [1.29, 1.82) is 0 Å². The van der Waals surface area contributed by atoms with E-state index in [1.807, 2.05) is 6.92 Å². The molecule has 0 unspecified atom stereocenters. The normalized spacial score (nSPS) is 12.8. The van der Waals surface area contributed by atoms with Crippen LogP contribution >= 0.6 is 0 Å². The molecule has 110 valence electrons. The molecule has 1 rings (SSSR count). The van der Waals surface area contributed by atoms with Gasteiger partial charge in [-0.2, -0.15) is 0 Å². The van der Waals surface area contributed by atoms with Gasteiger partial charge >= 0.3 is 0 Å². The van der Waals surface area contributed by atoms with Gasteiger partial charge in [0.05, 0.1) is 5.75 Å². The minimum absolute atomic E-state index is 0.00318. The highest BCUT2D eigenvalue weighted by atomic mass is 32.2. The van der Waals surface area contributed by atoms with Crippen LogP contribution in [0.5, 0.6) is 0 Å². The van der Waals surface area contributed by atoms with Gasteiger partial charge in [0.25, 0.3) is 10.0 Å². The van der Waals surface area contributed by atoms with E-state index in [2.05, 4.69) is 9.71 Å². The van der Waals surface area contributed by atoms with Crippen molar-refractivity contribution in [2.45, 2.75) is 31.8 Å². The van der Waals surface area contributed by atoms with E-state index in [9.17, 15) is 16.8 Å². The van der Waals surface area contributed by atoms with Crippen molar-refractivity contribution in [3.05, 3.63) is 12.0 Å². The van der Waals surface area contributed by atoms with Gasteiger partial charge in [-0.05, 0) is 20.3 Å². The topological polar surface area (TPSA) is 124 Å². The number of aromatic nitrogens is 2. The van der Waals surface area contributed by atoms with Crippen LogP contribution in [0.2, 0.25) is 0 Å². The monoisotopic (exact) mass is 310 g/mol. The maximum Gasteiger partial charge on any atom is 0.259 e. The molecule has 1 heterocycles. The molecule has 0 saturated heterocycles. The molecule has 0 atom stereocenters. The number of hydrogen-bond donors (Lipinski definition) is 2. The Hall–Kier alpha value is -0.970. The number of primary sulfonamides is 1. The summed E-state index contributed by atoms with van der Waals surface area (Å²) >= 11 is 0. The average Bonchev–Trinajstić information content (AvgIpc) is 2.65. The third-order valence-electron chi connectivity index (χ3n) is 2.47. The summed E-state index contributed by atoms with van der Waals surface area (Å²) < 4.78 is 49.1. The molecule has 8 nitrogen and oxygen atoms in total. The predicted molar refractivity (Wildman–Crippen MR) is 70.4 cm³/mol. The van der Waals surface area contributed by atoms with Crippen molar-refractivity contribution >= 4 is 20.0 Å². The number of nitrogens with one attached hydrogen (secondary N) is 1. The SMILES string of the molecule is CCn1cc(S(=O)(=O)NCCCS(N)(=O)=O)nc1C. The lowest BCUT2D eigenvalue weighted by molar-refractivity contribution is 0.573. The van der Waals surface area contributed by atoms with Gasteiger partial charge in [0.2, 0.25) is 10.0 Å². The first-order chi connectivity index (χ1) is 8.65. The maximum atomic E-state index is 11.9. The van der Waals surface area contributed by atoms with E-state index >= 15 is 0 Å². The summed E-state index contributed by atoms with van der Waals surface area (Å²) in [5, 5.41) is 4.75. The van der Waals surface area contributed by atoms with Crippen molar-refractivity contribution in [3.63, 3.8) is 0 Å². The van der Waals surface area contributed by atoms with E-state index in [4.69, 9.17) is 5.14 Å². The highest BCUT2D eigenvalue weighted by Gasteiger charge is 2.18. The molecule has 1 aromatic heterocycles. The summed E-state index contributed by atoms with van der Waals surface area (Å²) in [6.07, 6.45) is 1.56. The molecule has 0 aliphatic carbocycles. The molecule has 0 aliphatic rings. The molecule has 19 heavy (non-hydrogen) atoms. The fourth-order valence-electron chi connectivity index (χ4n) is 1.48. The van der Waals surface area contributed by atoms with Gasteiger partial charge in [-0.1, -0.05) is 0 Å². The maximum absolute atomic E-state index is 11.9. The Kier molecular flexibility index (Phi) is 5.07. The van der Waals surface area contributed by atoms with E-state index < -0.39 is 20.0 Å². The molecule has 0 aliphatic heterocycles. The number of aryl methyl sites for hydroxylation is 2. The zero-order valence-electron chi connectivity index (χ0n) is 10.8. The number of imidazole rings is 1. The molecule has 0 aromatic carbocycles. The molecule has 10 heteroatoms. The molecule has 0 bridgehead atoms. The Morgan fingerprint density at radius 1 is 1.37 bits per heavy atom. The fourth-order valence-corrected chi connectivity index (χ4v) is 3.11. The van der Waals surface area contributed by atoms with Crippen LogP contribution < -0.4 is 9.86 Å². The first kappa shape index (κ1) is 16.1. The van der Waals surface area contributed by atoms with Crippen molar-refractivity contribution in [2.24, 2.45) is 5.14 Å². The van der Waals surface area contributed by atoms with Gasteiger partial charge < -0.3 is 4.57 Å². The molecule has 0 spiro atoms. The molecule has 3 N–H and O–H groups in total. The summed E-state index contributed by atoms with van der Waals surface area (Å²) in [4.78, 5) is 3.95. The van der Waals surface area contributed by atoms with Gasteiger partial charge in [-0.3, -0.25) is 0 Å². The van der Waals surface area contributed by atoms with Crippen LogP contribution in [0, 0.1) is 6.92 Å². The Morgan fingerprint density at radius 3 is 2.47 bits per heavy atom. The van der Waals surface area contributed by atoms with Crippen molar-refractivity contribution in [1.82, 2.24) is 14.3 Å². The van der Waals surface area contributed by atoms with E-state index in [0.29, 0.717) is 12.4 Å². The standard InChI is InChI=1S/C9H18N4O4S2/c1-3-13-7-9(12-8(13)2)19(16,17)11-5-4-6-18(10,14)15/h7,11H,3-6H2,1-2H3,(H2,10,14,15). The number of hydrogen-bond acceptors (Lipinski definition) is 5. The van der Waals surface area contributed by atoms with E-state index in [0.717, 1.165) is 0 Å². The van der Waals surface area contributed by atoms with Gasteiger partial charge in [-0.15, -0.1) is 0 Å². The number of nitrogens with zero attached hydrogens (tertiary/aromatic N) is 2. The first-order valence-corrected chi connectivity index (χ1v) is 8.89. The van der Waals surface area contributed by atoms with E-state index in [-0.39, 0.29) is 23.7 Å². The minimum atomic E-state index is -3.71. The van der Waals surface area contributed by atoms with Crippen molar-refractivity contribution in [2.75, 3.05) is 12.3 Å². The highest BCUT2D eigenvalue weighted by Crippen LogP contribution is 2.08. The predicted octanol–water partition coefficient (Wildman–Crippen LogP) is -0.832. The van der Waals surface area contributed by atoms with Crippen molar-refractivity contribution in [3.8, 4) is 0 Å². The lowest BCUT2D eigenvalue weighted by atomic mass is 10.5. The quantitative estimate of drug-likeness (QED) is 0.636. The molecule has 1 aromatic rings. The number of nitrogens with two attached hydrogens (primary N) is 1. The number of rotatable bonds is 7. The van der Waals surface area contributed by atoms with Gasteiger partial charge in [0.15, 0.2) is 5.03 Å². The first-order valence-electron chi connectivity index (χ1n) is 5.69. The van der Waals surface area contributed by atoms with Crippen LogP contribution in [-0.4, -0.2) is 38.7 Å². The largest absolute Gasteiger partial charge is 0.334 e. The summed E-state index contributed by atoms with van der Waals surface area (Å²) in [7, 11) is -7.27. The zero-order chi connectivity index (χ0) is 14.7. The summed E-state index contributed by atoms with van der Waals surface area (Å²) in [6, 6.07) is 0. The van der Waals surface area contributed by atoms with Crippen molar-refractivity contribution < 1.29 is 16.8 Å². The van der Waals surface area contributed by atoms with Crippen LogP contribution in [0.1, 0.15) is 19.2 Å². The van der Waals surface area contributed by atoms with Gasteiger partial charge in [-0.25, -0.2) is 31.7 Å². The second kappa shape index (κ2) is 5.99. The zero-order valence-corrected chi connectivity index (χ0v) is 12.5. The molecule has 0 fully saturated rings. The highest BCUT2D eigenvalue weighted by molar-refractivity contribution is 7.89. The minimum Gasteiger partial charge on any atom is -0.334 e. The number of sulfonamides is 2. The lowest BCUT2D eigenvalue weighted by Gasteiger charge is -2.03. The molecule has 0 radical (unpaired) electrons. The summed E-state index contributed by atoms with van der Waals surface area (Å²) in [5.41, 5.74) is 0. The Bertz CT molecular complexity index is 633. The second-order valence-electron chi connectivity index (χ2n) is 4.03. The third-order valence-corrected chi connectivity index (χ3v) is 4.66. The Labute approximate surface area is 113 Å². The Morgan fingerprint density at radius 2 is 2.00 bits per heavy atom. The van der Waals surface area contributed by atoms with Gasteiger partial charge in [0.1, 0.15) is 5.82 Å². The Balaban J connectivity index is 2.66. The van der Waals surface area contributed by atoms with Crippen LogP contribution in [-0.2, 0) is 26.6 Å². The van der Waals surface area contributed by atoms with Crippen LogP contribution in [0.15, 0.2) is 11.2 Å². The summed E-state index contributed by atoms with van der Waals surface area (Å²) in [6.45, 7) is 4.21. The van der Waals surface area contributed by atoms with Crippen LogP contribution in [0.25, 0.3) is 0 Å². The second-order valence-corrected chi connectivity index (χ2v) is 7.48. The average molecular weight is 310 g/mol. The fraction of sp³-hybridized carbons (Fsp3) is 0.667. The van der Waals surface area contributed by atoms with E-state index in [1.165, 1.54) is 6.20 Å². The lowest BCUT2D eigenvalue weighted by Crippen LogP contribution is -2.27. The van der Waals surface area contributed by atoms with E-state index in [1.54, 1.807) is 11.5 Å².